The summed E-state index contributed by atoms with van der Waals surface area (Å²) in [6, 6.07) is 20.0. The molecule has 2 aliphatic rings. The SMILES string of the molecule is O=C1c2cccc(N3C=C(c4ccccc4)NN3)c2C(=O)N1Cc1cc(Cl)ccc1Cl. The number of hydrogen-bond acceptors (Lipinski definition) is 5. The van der Waals surface area contributed by atoms with Crippen LogP contribution in [-0.2, 0) is 6.54 Å². The van der Waals surface area contributed by atoms with Crippen molar-refractivity contribution in [2.24, 2.45) is 0 Å². The fraction of sp³-hybridized carbons (Fsp3) is 0.0435. The molecule has 154 valence electrons. The van der Waals surface area contributed by atoms with Crippen LogP contribution < -0.4 is 16.0 Å². The standard InChI is InChI=1S/C23H16Cl2N4O2/c24-16-9-10-18(25)15(11-16)12-28-22(30)17-7-4-8-20(21(17)23(28)31)29-13-19(26-27-29)14-5-2-1-3-6-14/h1-11,13,26-27H,12H2. The van der Waals surface area contributed by atoms with Crippen molar-refractivity contribution in [3.8, 4) is 0 Å². The fourth-order valence-corrected chi connectivity index (χ4v) is 4.08. The van der Waals surface area contributed by atoms with Crippen LogP contribution in [0.15, 0.2) is 72.9 Å². The summed E-state index contributed by atoms with van der Waals surface area (Å²) in [5, 5.41) is 2.63. The second kappa shape index (κ2) is 7.74. The lowest BCUT2D eigenvalue weighted by atomic mass is 10.1. The van der Waals surface area contributed by atoms with Gasteiger partial charge in [0.05, 0.1) is 29.1 Å². The first-order valence-corrected chi connectivity index (χ1v) is 10.3. The van der Waals surface area contributed by atoms with E-state index >= 15 is 0 Å². The molecule has 0 radical (unpaired) electrons. The van der Waals surface area contributed by atoms with Crippen LogP contribution in [0.4, 0.5) is 5.69 Å². The van der Waals surface area contributed by atoms with Gasteiger partial charge in [0.2, 0.25) is 0 Å². The number of benzene rings is 3. The third-order valence-electron chi connectivity index (χ3n) is 5.23. The molecule has 0 aromatic heterocycles. The molecular formula is C23H16Cl2N4O2. The molecule has 0 fully saturated rings. The summed E-state index contributed by atoms with van der Waals surface area (Å²) in [6.45, 7) is 0.0436. The topological polar surface area (TPSA) is 64.7 Å². The minimum atomic E-state index is -0.380. The van der Waals surface area contributed by atoms with E-state index in [0.29, 0.717) is 32.4 Å². The third-order valence-corrected chi connectivity index (χ3v) is 5.83. The van der Waals surface area contributed by atoms with Gasteiger partial charge in [-0.15, -0.1) is 5.53 Å². The van der Waals surface area contributed by atoms with Crippen LogP contribution in [-0.4, -0.2) is 16.7 Å². The number of carbonyl (C=O) groups is 2. The Morgan fingerprint density at radius 1 is 0.871 bits per heavy atom. The van der Waals surface area contributed by atoms with Gasteiger partial charge in [-0.05, 0) is 35.9 Å². The predicted molar refractivity (Wildman–Crippen MR) is 120 cm³/mol. The maximum absolute atomic E-state index is 13.3. The Labute approximate surface area is 188 Å². The van der Waals surface area contributed by atoms with Crippen LogP contribution in [0, 0.1) is 0 Å². The molecule has 0 unspecified atom stereocenters. The third kappa shape index (κ3) is 3.45. The summed E-state index contributed by atoms with van der Waals surface area (Å²) in [7, 11) is 0. The van der Waals surface area contributed by atoms with E-state index in [1.807, 2.05) is 36.5 Å². The summed E-state index contributed by atoms with van der Waals surface area (Å²) in [4.78, 5) is 27.5. The van der Waals surface area contributed by atoms with E-state index in [9.17, 15) is 9.59 Å². The molecule has 2 heterocycles. The molecule has 8 heteroatoms. The van der Waals surface area contributed by atoms with Crippen molar-refractivity contribution in [1.82, 2.24) is 15.9 Å². The molecule has 0 atom stereocenters. The summed E-state index contributed by atoms with van der Waals surface area (Å²) >= 11 is 12.3. The van der Waals surface area contributed by atoms with E-state index in [0.717, 1.165) is 11.3 Å². The van der Waals surface area contributed by atoms with E-state index in [2.05, 4.69) is 11.0 Å². The van der Waals surface area contributed by atoms with Gasteiger partial charge in [0, 0.05) is 21.8 Å². The number of hydrazine groups is 2. The molecule has 31 heavy (non-hydrogen) atoms. The number of halogens is 2. The zero-order valence-corrected chi connectivity index (χ0v) is 17.6. The minimum absolute atomic E-state index is 0.0436. The van der Waals surface area contributed by atoms with E-state index in [4.69, 9.17) is 23.2 Å². The number of carbonyl (C=O) groups excluding carboxylic acids is 2. The summed E-state index contributed by atoms with van der Waals surface area (Å²) in [5.41, 5.74) is 9.85. The van der Waals surface area contributed by atoms with Crippen molar-refractivity contribution in [3.05, 3.63) is 105 Å². The van der Waals surface area contributed by atoms with E-state index in [-0.39, 0.29) is 18.4 Å². The molecule has 3 aromatic rings. The number of hydrogen-bond donors (Lipinski definition) is 2. The van der Waals surface area contributed by atoms with Crippen LogP contribution in [0.1, 0.15) is 31.8 Å². The van der Waals surface area contributed by atoms with E-state index in [1.165, 1.54) is 4.90 Å². The van der Waals surface area contributed by atoms with Crippen LogP contribution in [0.2, 0.25) is 10.0 Å². The van der Waals surface area contributed by atoms with E-state index < -0.39 is 0 Å². The number of anilines is 1. The Morgan fingerprint density at radius 3 is 2.48 bits per heavy atom. The average molecular weight is 451 g/mol. The number of imide groups is 1. The highest BCUT2D eigenvalue weighted by atomic mass is 35.5. The monoisotopic (exact) mass is 450 g/mol. The van der Waals surface area contributed by atoms with Crippen molar-refractivity contribution in [3.63, 3.8) is 0 Å². The van der Waals surface area contributed by atoms with Gasteiger partial charge in [-0.2, -0.15) is 0 Å². The quantitative estimate of drug-likeness (QED) is 0.567. The summed E-state index contributed by atoms with van der Waals surface area (Å²) in [5.74, 6) is -0.743. The summed E-state index contributed by atoms with van der Waals surface area (Å²) < 4.78 is 0. The molecule has 2 aliphatic heterocycles. The van der Waals surface area contributed by atoms with Crippen molar-refractivity contribution in [1.29, 1.82) is 0 Å². The molecule has 0 bridgehead atoms. The highest BCUT2D eigenvalue weighted by Crippen LogP contribution is 2.34. The van der Waals surface area contributed by atoms with Crippen LogP contribution in [0.3, 0.4) is 0 Å². The maximum atomic E-state index is 13.3. The number of nitrogens with one attached hydrogen (secondary N) is 2. The van der Waals surface area contributed by atoms with Gasteiger partial charge in [-0.25, -0.2) is 0 Å². The highest BCUT2D eigenvalue weighted by Gasteiger charge is 2.39. The van der Waals surface area contributed by atoms with Crippen molar-refractivity contribution in [2.45, 2.75) is 6.54 Å². The largest absolute Gasteiger partial charge is 0.301 e. The average Bonchev–Trinajstić information content (AvgIpc) is 3.37. The van der Waals surface area contributed by atoms with E-state index in [1.54, 1.807) is 41.4 Å². The van der Waals surface area contributed by atoms with Gasteiger partial charge >= 0.3 is 0 Å². The Balaban J connectivity index is 1.48. The van der Waals surface area contributed by atoms with Crippen molar-refractivity contribution in [2.75, 3.05) is 5.01 Å². The zero-order valence-electron chi connectivity index (χ0n) is 16.1. The van der Waals surface area contributed by atoms with Crippen LogP contribution in [0.5, 0.6) is 0 Å². The second-order valence-corrected chi connectivity index (χ2v) is 7.99. The molecule has 5 rings (SSSR count). The molecule has 3 aromatic carbocycles. The van der Waals surface area contributed by atoms with Crippen LogP contribution in [0.25, 0.3) is 5.70 Å². The van der Waals surface area contributed by atoms with Crippen LogP contribution >= 0.6 is 23.2 Å². The zero-order chi connectivity index (χ0) is 21.5. The Kier molecular flexibility index (Phi) is 4.90. The number of fused-ring (bicyclic) bond motifs is 1. The molecule has 0 saturated heterocycles. The van der Waals surface area contributed by atoms with Gasteiger partial charge in [0.15, 0.2) is 0 Å². The van der Waals surface area contributed by atoms with Gasteiger partial charge in [0.25, 0.3) is 11.8 Å². The Morgan fingerprint density at radius 2 is 1.68 bits per heavy atom. The smallest absolute Gasteiger partial charge is 0.264 e. The Hall–Kier alpha value is -3.32. The van der Waals surface area contributed by atoms with Gasteiger partial charge in [-0.3, -0.25) is 19.5 Å². The van der Waals surface area contributed by atoms with Crippen molar-refractivity contribution < 1.29 is 9.59 Å². The van der Waals surface area contributed by atoms with Gasteiger partial charge < -0.3 is 5.43 Å². The lowest BCUT2D eigenvalue weighted by Gasteiger charge is -2.18. The molecule has 0 spiro atoms. The first-order valence-electron chi connectivity index (χ1n) is 9.54. The lowest BCUT2D eigenvalue weighted by Crippen LogP contribution is -2.37. The molecule has 6 nitrogen and oxygen atoms in total. The maximum Gasteiger partial charge on any atom is 0.264 e. The molecule has 2 amide bonds. The predicted octanol–water partition coefficient (Wildman–Crippen LogP) is 4.62. The Bertz CT molecular complexity index is 1240. The molecule has 0 aliphatic carbocycles. The first-order chi connectivity index (χ1) is 15.0. The second-order valence-electron chi connectivity index (χ2n) is 7.15. The van der Waals surface area contributed by atoms with Gasteiger partial charge in [0.1, 0.15) is 0 Å². The number of amides is 2. The lowest BCUT2D eigenvalue weighted by molar-refractivity contribution is 0.0642. The normalized spacial score (nSPS) is 15.2. The summed E-state index contributed by atoms with van der Waals surface area (Å²) in [6.07, 6.45) is 1.85. The highest BCUT2D eigenvalue weighted by molar-refractivity contribution is 6.33. The van der Waals surface area contributed by atoms with Crippen molar-refractivity contribution >= 4 is 46.4 Å². The number of nitrogens with zero attached hydrogens (tertiary/aromatic N) is 2. The molecule has 0 saturated carbocycles. The molecular weight excluding hydrogens is 435 g/mol. The number of rotatable bonds is 4. The first kappa shape index (κ1) is 19.6. The fourth-order valence-electron chi connectivity index (χ4n) is 3.70. The van der Waals surface area contributed by atoms with Gasteiger partial charge in [-0.1, -0.05) is 59.6 Å². The minimum Gasteiger partial charge on any atom is -0.301 e. The molecule has 2 N–H and O–H groups in total.